The van der Waals surface area contributed by atoms with E-state index in [4.69, 9.17) is 4.74 Å². The van der Waals surface area contributed by atoms with Gasteiger partial charge in [-0.05, 0) is 0 Å². The van der Waals surface area contributed by atoms with Crippen LogP contribution < -0.4 is 0 Å². The molecule has 1 atom stereocenters. The Bertz CT molecular complexity index is 261. The molecule has 0 aliphatic rings. The highest BCUT2D eigenvalue weighted by Crippen LogP contribution is 2.03. The molecule has 0 amide bonds. The molecular weight excluding hydrogens is 220 g/mol. The lowest BCUT2D eigenvalue weighted by atomic mass is 10.2. The van der Waals surface area contributed by atoms with E-state index in [9.17, 15) is 14.4 Å². The summed E-state index contributed by atoms with van der Waals surface area (Å²) in [6, 6.07) is 0. The van der Waals surface area contributed by atoms with E-state index in [2.05, 4.69) is 14.2 Å². The van der Waals surface area contributed by atoms with Crippen molar-refractivity contribution in [3.8, 4) is 0 Å². The molecule has 0 spiro atoms. The normalized spacial score (nSPS) is 11.4. The molecule has 0 aromatic rings. The SMILES string of the molecule is COC(=O)CO[C@@H](CC(=O)OC)C(=O)OC. The largest absolute Gasteiger partial charge is 0.469 e. The van der Waals surface area contributed by atoms with Crippen LogP contribution in [-0.2, 0) is 33.3 Å². The number of hydrogen-bond acceptors (Lipinski definition) is 7. The van der Waals surface area contributed by atoms with Crippen molar-refractivity contribution in [2.24, 2.45) is 0 Å². The molecule has 0 saturated carbocycles. The van der Waals surface area contributed by atoms with E-state index in [1.807, 2.05) is 0 Å². The van der Waals surface area contributed by atoms with Gasteiger partial charge in [0.1, 0.15) is 6.61 Å². The Kier molecular flexibility index (Phi) is 6.86. The second-order valence-corrected chi connectivity index (χ2v) is 2.68. The predicted molar refractivity (Wildman–Crippen MR) is 50.4 cm³/mol. The Balaban J connectivity index is 4.26. The van der Waals surface area contributed by atoms with Crippen LogP contribution >= 0.6 is 0 Å². The van der Waals surface area contributed by atoms with E-state index in [1.54, 1.807) is 0 Å². The van der Waals surface area contributed by atoms with E-state index in [1.165, 1.54) is 14.2 Å². The second kappa shape index (κ2) is 7.63. The van der Waals surface area contributed by atoms with Crippen molar-refractivity contribution in [1.82, 2.24) is 0 Å². The minimum Gasteiger partial charge on any atom is -0.469 e. The highest BCUT2D eigenvalue weighted by Gasteiger charge is 2.25. The van der Waals surface area contributed by atoms with Gasteiger partial charge in [0.05, 0.1) is 27.8 Å². The summed E-state index contributed by atoms with van der Waals surface area (Å²) in [5, 5.41) is 0. The van der Waals surface area contributed by atoms with Crippen LogP contribution in [-0.4, -0.2) is 51.9 Å². The maximum atomic E-state index is 11.2. The van der Waals surface area contributed by atoms with Crippen LogP contribution in [0.5, 0.6) is 0 Å². The van der Waals surface area contributed by atoms with Crippen molar-refractivity contribution in [2.75, 3.05) is 27.9 Å². The van der Waals surface area contributed by atoms with E-state index < -0.39 is 30.6 Å². The summed E-state index contributed by atoms with van der Waals surface area (Å²) in [4.78, 5) is 32.9. The van der Waals surface area contributed by atoms with Gasteiger partial charge in [-0.3, -0.25) is 4.79 Å². The number of carbonyl (C=O) groups is 3. The van der Waals surface area contributed by atoms with E-state index in [0.717, 1.165) is 7.11 Å². The van der Waals surface area contributed by atoms with Crippen LogP contribution in [0.1, 0.15) is 6.42 Å². The molecule has 92 valence electrons. The fourth-order valence-corrected chi connectivity index (χ4v) is 0.804. The van der Waals surface area contributed by atoms with Crippen LogP contribution in [0.25, 0.3) is 0 Å². The molecule has 7 heteroatoms. The standard InChI is InChI=1S/C9H14O7/c1-13-7(10)4-6(9(12)15-3)16-5-8(11)14-2/h6H,4-5H2,1-3H3/t6-/m0/s1. The van der Waals surface area contributed by atoms with Gasteiger partial charge in [0.25, 0.3) is 0 Å². The quantitative estimate of drug-likeness (QED) is 0.442. The van der Waals surface area contributed by atoms with Crippen LogP contribution in [0.2, 0.25) is 0 Å². The number of rotatable bonds is 6. The molecule has 0 saturated heterocycles. The van der Waals surface area contributed by atoms with E-state index >= 15 is 0 Å². The minimum absolute atomic E-state index is 0.319. The highest BCUT2D eigenvalue weighted by atomic mass is 16.6. The first kappa shape index (κ1) is 14.4. The van der Waals surface area contributed by atoms with Gasteiger partial charge in [-0.25, -0.2) is 9.59 Å². The molecule has 0 aliphatic heterocycles. The van der Waals surface area contributed by atoms with Crippen molar-refractivity contribution in [2.45, 2.75) is 12.5 Å². The third-order valence-corrected chi connectivity index (χ3v) is 1.67. The van der Waals surface area contributed by atoms with Crippen molar-refractivity contribution in [1.29, 1.82) is 0 Å². The van der Waals surface area contributed by atoms with Gasteiger partial charge in [-0.15, -0.1) is 0 Å². The van der Waals surface area contributed by atoms with E-state index in [0.29, 0.717) is 0 Å². The molecule has 0 aliphatic carbocycles. The van der Waals surface area contributed by atoms with Crippen molar-refractivity contribution < 1.29 is 33.3 Å². The zero-order valence-corrected chi connectivity index (χ0v) is 9.35. The predicted octanol–water partition coefficient (Wildman–Crippen LogP) is -0.719. The second-order valence-electron chi connectivity index (χ2n) is 2.68. The molecular formula is C9H14O7. The summed E-state index contributed by atoms with van der Waals surface area (Å²) in [5.74, 6) is -2.05. The van der Waals surface area contributed by atoms with Crippen LogP contribution in [0.3, 0.4) is 0 Å². The summed E-state index contributed by atoms with van der Waals surface area (Å²) in [7, 11) is 3.50. The number of carbonyl (C=O) groups excluding carboxylic acids is 3. The molecule has 0 rings (SSSR count). The zero-order valence-electron chi connectivity index (χ0n) is 9.35. The molecule has 0 heterocycles. The molecule has 0 N–H and O–H groups in total. The van der Waals surface area contributed by atoms with Crippen LogP contribution in [0.4, 0.5) is 0 Å². The van der Waals surface area contributed by atoms with Crippen LogP contribution in [0, 0.1) is 0 Å². The number of esters is 3. The van der Waals surface area contributed by atoms with Gasteiger partial charge >= 0.3 is 17.9 Å². The van der Waals surface area contributed by atoms with Gasteiger partial charge < -0.3 is 18.9 Å². The Morgan fingerprint density at radius 1 is 0.938 bits per heavy atom. The van der Waals surface area contributed by atoms with Gasteiger partial charge in [0, 0.05) is 0 Å². The summed E-state index contributed by atoms with van der Waals surface area (Å²) in [5.41, 5.74) is 0. The molecule has 0 bridgehead atoms. The summed E-state index contributed by atoms with van der Waals surface area (Å²) in [6.07, 6.45) is -1.49. The van der Waals surface area contributed by atoms with Gasteiger partial charge in [0.15, 0.2) is 6.10 Å². The fraction of sp³-hybridized carbons (Fsp3) is 0.667. The summed E-state index contributed by atoms with van der Waals surface area (Å²) < 4.78 is 17.9. The van der Waals surface area contributed by atoms with Gasteiger partial charge in [-0.1, -0.05) is 0 Å². The first-order valence-electron chi connectivity index (χ1n) is 4.38. The zero-order chi connectivity index (χ0) is 12.6. The Morgan fingerprint density at radius 3 is 1.94 bits per heavy atom. The molecule has 0 radical (unpaired) electrons. The lowest BCUT2D eigenvalue weighted by Crippen LogP contribution is -2.31. The fourth-order valence-electron chi connectivity index (χ4n) is 0.804. The van der Waals surface area contributed by atoms with Crippen molar-refractivity contribution in [3.63, 3.8) is 0 Å². The third-order valence-electron chi connectivity index (χ3n) is 1.67. The number of hydrogen-bond donors (Lipinski definition) is 0. The third kappa shape index (κ3) is 5.30. The van der Waals surface area contributed by atoms with Gasteiger partial charge in [-0.2, -0.15) is 0 Å². The molecule has 16 heavy (non-hydrogen) atoms. The van der Waals surface area contributed by atoms with Crippen molar-refractivity contribution in [3.05, 3.63) is 0 Å². The first-order valence-corrected chi connectivity index (χ1v) is 4.38. The molecule has 0 aromatic heterocycles. The molecule has 0 fully saturated rings. The lowest BCUT2D eigenvalue weighted by molar-refractivity contribution is -0.165. The van der Waals surface area contributed by atoms with Crippen molar-refractivity contribution >= 4 is 17.9 Å². The topological polar surface area (TPSA) is 88.1 Å². The number of methoxy groups -OCH3 is 3. The van der Waals surface area contributed by atoms with Gasteiger partial charge in [0.2, 0.25) is 0 Å². The first-order chi connectivity index (χ1) is 7.54. The average molecular weight is 234 g/mol. The summed E-state index contributed by atoms with van der Waals surface area (Å²) >= 11 is 0. The molecule has 0 aromatic carbocycles. The Labute approximate surface area is 92.6 Å². The lowest BCUT2D eigenvalue weighted by Gasteiger charge is -2.13. The highest BCUT2D eigenvalue weighted by molar-refractivity contribution is 5.82. The number of ether oxygens (including phenoxy) is 4. The summed E-state index contributed by atoms with van der Waals surface area (Å²) in [6.45, 7) is -0.437. The molecule has 7 nitrogen and oxygen atoms in total. The Morgan fingerprint density at radius 2 is 1.50 bits per heavy atom. The van der Waals surface area contributed by atoms with Crippen LogP contribution in [0.15, 0.2) is 0 Å². The Hall–Kier alpha value is -1.63. The average Bonchev–Trinajstić information content (AvgIpc) is 2.32. The van der Waals surface area contributed by atoms with E-state index in [-0.39, 0.29) is 6.42 Å². The minimum atomic E-state index is -1.17. The maximum Gasteiger partial charge on any atom is 0.335 e. The smallest absolute Gasteiger partial charge is 0.335 e. The molecule has 0 unspecified atom stereocenters. The monoisotopic (exact) mass is 234 g/mol. The maximum absolute atomic E-state index is 11.2.